The molecule has 28 heavy (non-hydrogen) atoms. The molecule has 6 nitrogen and oxygen atoms in total. The summed E-state index contributed by atoms with van der Waals surface area (Å²) in [6.45, 7) is 2.52. The first-order chi connectivity index (χ1) is 13.4. The lowest BCUT2D eigenvalue weighted by atomic mass is 9.97. The molecule has 1 saturated heterocycles. The highest BCUT2D eigenvalue weighted by atomic mass is 32.2. The van der Waals surface area contributed by atoms with Crippen LogP contribution >= 0.6 is 0 Å². The highest BCUT2D eigenvalue weighted by molar-refractivity contribution is 7.88. The van der Waals surface area contributed by atoms with Crippen LogP contribution in [-0.4, -0.2) is 50.9 Å². The molecule has 2 aromatic carbocycles. The molecule has 2 aromatic rings. The second kappa shape index (κ2) is 8.75. The number of carbonyl (C=O) groups excluding carboxylic acids is 1. The van der Waals surface area contributed by atoms with E-state index in [0.29, 0.717) is 19.4 Å². The lowest BCUT2D eigenvalue weighted by Gasteiger charge is -2.28. The molecule has 0 spiro atoms. The highest BCUT2D eigenvalue weighted by Crippen LogP contribution is 2.26. The zero-order valence-corrected chi connectivity index (χ0v) is 17.0. The third-order valence-corrected chi connectivity index (χ3v) is 5.62. The molecule has 2 atom stereocenters. The molecule has 1 fully saturated rings. The number of ether oxygens (including phenoxy) is 1. The SMILES string of the molecule is CCOC(=O)N1CCC(NS(C)(=O)=O)[C@@H]1Cc1cccc(-c2ccccc2)c1. The predicted octanol–water partition coefficient (Wildman–Crippen LogP) is 3.04. The molecule has 0 radical (unpaired) electrons. The Labute approximate surface area is 166 Å². The van der Waals surface area contributed by atoms with Crippen LogP contribution in [0.15, 0.2) is 54.6 Å². The minimum Gasteiger partial charge on any atom is -0.450 e. The maximum atomic E-state index is 12.4. The van der Waals surface area contributed by atoms with Gasteiger partial charge in [-0.2, -0.15) is 0 Å². The van der Waals surface area contributed by atoms with Crippen molar-refractivity contribution in [1.82, 2.24) is 9.62 Å². The van der Waals surface area contributed by atoms with Crippen molar-refractivity contribution in [3.8, 4) is 11.1 Å². The Morgan fingerprint density at radius 2 is 1.86 bits per heavy atom. The molecule has 1 aliphatic rings. The third kappa shape index (κ3) is 5.11. The number of carbonyl (C=O) groups is 1. The maximum absolute atomic E-state index is 12.4. The Bertz CT molecular complexity index is 915. The number of nitrogens with zero attached hydrogens (tertiary/aromatic N) is 1. The van der Waals surface area contributed by atoms with Gasteiger partial charge in [-0.1, -0.05) is 54.6 Å². The van der Waals surface area contributed by atoms with Crippen molar-refractivity contribution in [2.45, 2.75) is 31.8 Å². The fourth-order valence-electron chi connectivity index (χ4n) is 3.70. The van der Waals surface area contributed by atoms with Gasteiger partial charge in [-0.25, -0.2) is 17.9 Å². The van der Waals surface area contributed by atoms with Crippen LogP contribution in [0.5, 0.6) is 0 Å². The summed E-state index contributed by atoms with van der Waals surface area (Å²) in [5.74, 6) is 0. The molecule has 1 aliphatic heterocycles. The fourth-order valence-corrected chi connectivity index (χ4v) is 4.53. The normalized spacial score (nSPS) is 19.6. The number of rotatable bonds is 6. The van der Waals surface area contributed by atoms with Gasteiger partial charge in [0.15, 0.2) is 0 Å². The Morgan fingerprint density at radius 3 is 2.54 bits per heavy atom. The van der Waals surface area contributed by atoms with Crippen LogP contribution in [0.3, 0.4) is 0 Å². The second-order valence-electron chi connectivity index (χ2n) is 7.02. The molecule has 0 aromatic heterocycles. The third-order valence-electron chi connectivity index (χ3n) is 4.89. The Kier molecular flexibility index (Phi) is 6.36. The summed E-state index contributed by atoms with van der Waals surface area (Å²) in [5, 5.41) is 0. The molecule has 0 saturated carbocycles. The van der Waals surface area contributed by atoms with Gasteiger partial charge in [0, 0.05) is 12.6 Å². The van der Waals surface area contributed by atoms with Crippen LogP contribution in [-0.2, 0) is 21.2 Å². The molecular formula is C21H26N2O4S. The van der Waals surface area contributed by atoms with Crippen LogP contribution < -0.4 is 4.72 Å². The minimum absolute atomic E-state index is 0.287. The summed E-state index contributed by atoms with van der Waals surface area (Å²) in [7, 11) is -3.37. The van der Waals surface area contributed by atoms with Gasteiger partial charge >= 0.3 is 6.09 Å². The average molecular weight is 403 g/mol. The van der Waals surface area contributed by atoms with Crippen LogP contribution in [0, 0.1) is 0 Å². The van der Waals surface area contributed by atoms with Crippen molar-refractivity contribution >= 4 is 16.1 Å². The smallest absolute Gasteiger partial charge is 0.410 e. The quantitative estimate of drug-likeness (QED) is 0.806. The number of sulfonamides is 1. The maximum Gasteiger partial charge on any atom is 0.410 e. The molecule has 1 amide bonds. The van der Waals surface area contributed by atoms with E-state index in [9.17, 15) is 13.2 Å². The van der Waals surface area contributed by atoms with Gasteiger partial charge in [0.05, 0.1) is 18.9 Å². The largest absolute Gasteiger partial charge is 0.450 e. The second-order valence-corrected chi connectivity index (χ2v) is 8.80. The van der Waals surface area contributed by atoms with Crippen LogP contribution in [0.1, 0.15) is 18.9 Å². The number of amides is 1. The van der Waals surface area contributed by atoms with Crippen molar-refractivity contribution in [3.63, 3.8) is 0 Å². The predicted molar refractivity (Wildman–Crippen MR) is 109 cm³/mol. The average Bonchev–Trinajstić information content (AvgIpc) is 3.03. The Hall–Kier alpha value is -2.38. The summed E-state index contributed by atoms with van der Waals surface area (Å²) in [4.78, 5) is 14.0. The summed E-state index contributed by atoms with van der Waals surface area (Å²) in [6, 6.07) is 17.6. The molecule has 0 aliphatic carbocycles. The first-order valence-corrected chi connectivity index (χ1v) is 11.3. The van der Waals surface area contributed by atoms with Gasteiger partial charge in [0.1, 0.15) is 0 Å². The van der Waals surface area contributed by atoms with E-state index in [1.807, 2.05) is 48.5 Å². The summed E-state index contributed by atoms with van der Waals surface area (Å²) >= 11 is 0. The number of hydrogen-bond donors (Lipinski definition) is 1. The molecule has 1 unspecified atom stereocenters. The summed E-state index contributed by atoms with van der Waals surface area (Å²) < 4.78 is 31.4. The highest BCUT2D eigenvalue weighted by Gasteiger charge is 2.39. The van der Waals surface area contributed by atoms with E-state index < -0.39 is 16.1 Å². The monoisotopic (exact) mass is 402 g/mol. The molecule has 3 rings (SSSR count). The number of likely N-dealkylation sites (tertiary alicyclic amines) is 1. The lowest BCUT2D eigenvalue weighted by Crippen LogP contribution is -2.47. The van der Waals surface area contributed by atoms with E-state index >= 15 is 0 Å². The Morgan fingerprint density at radius 1 is 1.14 bits per heavy atom. The van der Waals surface area contributed by atoms with Gasteiger partial charge < -0.3 is 9.64 Å². The Balaban J connectivity index is 1.85. The first-order valence-electron chi connectivity index (χ1n) is 9.42. The molecule has 1 N–H and O–H groups in total. The van der Waals surface area contributed by atoms with Gasteiger partial charge in [0.2, 0.25) is 10.0 Å². The van der Waals surface area contributed by atoms with Crippen molar-refractivity contribution in [2.75, 3.05) is 19.4 Å². The molecule has 0 bridgehead atoms. The van der Waals surface area contributed by atoms with Crippen LogP contribution in [0.4, 0.5) is 4.79 Å². The summed E-state index contributed by atoms with van der Waals surface area (Å²) in [5.41, 5.74) is 3.25. The fraction of sp³-hybridized carbons (Fsp3) is 0.381. The standard InChI is InChI=1S/C21H26N2O4S/c1-3-27-21(24)23-13-12-19(22-28(2,25)26)20(23)15-16-8-7-11-18(14-16)17-9-5-4-6-10-17/h4-11,14,19-20,22H,3,12-13,15H2,1-2H3/t19?,20-/m0/s1. The number of hydrogen-bond acceptors (Lipinski definition) is 4. The topological polar surface area (TPSA) is 75.7 Å². The van der Waals surface area contributed by atoms with E-state index in [4.69, 9.17) is 4.74 Å². The van der Waals surface area contributed by atoms with Gasteiger partial charge in [-0.15, -0.1) is 0 Å². The molecule has 150 valence electrons. The lowest BCUT2D eigenvalue weighted by molar-refractivity contribution is 0.101. The molecule has 1 heterocycles. The summed E-state index contributed by atoms with van der Waals surface area (Å²) in [6.07, 6.45) is 1.86. The van der Waals surface area contributed by atoms with Crippen molar-refractivity contribution < 1.29 is 17.9 Å². The van der Waals surface area contributed by atoms with E-state index in [2.05, 4.69) is 10.8 Å². The minimum atomic E-state index is -3.37. The van der Waals surface area contributed by atoms with E-state index in [-0.39, 0.29) is 18.7 Å². The zero-order chi connectivity index (χ0) is 20.1. The van der Waals surface area contributed by atoms with Crippen LogP contribution in [0.2, 0.25) is 0 Å². The first kappa shape index (κ1) is 20.4. The van der Waals surface area contributed by atoms with E-state index in [1.165, 1.54) is 0 Å². The van der Waals surface area contributed by atoms with Crippen molar-refractivity contribution in [3.05, 3.63) is 60.2 Å². The number of nitrogens with one attached hydrogen (secondary N) is 1. The zero-order valence-electron chi connectivity index (χ0n) is 16.2. The number of benzene rings is 2. The van der Waals surface area contributed by atoms with Crippen LogP contribution in [0.25, 0.3) is 11.1 Å². The van der Waals surface area contributed by atoms with E-state index in [1.54, 1.807) is 11.8 Å². The van der Waals surface area contributed by atoms with Gasteiger partial charge in [-0.05, 0) is 36.5 Å². The van der Waals surface area contributed by atoms with Crippen molar-refractivity contribution in [2.24, 2.45) is 0 Å². The van der Waals surface area contributed by atoms with Crippen molar-refractivity contribution in [1.29, 1.82) is 0 Å². The van der Waals surface area contributed by atoms with Gasteiger partial charge in [-0.3, -0.25) is 0 Å². The van der Waals surface area contributed by atoms with Gasteiger partial charge in [0.25, 0.3) is 0 Å². The van der Waals surface area contributed by atoms with E-state index in [0.717, 1.165) is 22.9 Å². The molecular weight excluding hydrogens is 376 g/mol. The molecule has 7 heteroatoms.